The molecule has 0 aliphatic carbocycles. The Morgan fingerprint density at radius 1 is 1.78 bits per heavy atom. The first kappa shape index (κ1) is 8.78. The van der Waals surface area contributed by atoms with Crippen molar-refractivity contribution in [2.45, 2.75) is 6.10 Å². The Labute approximate surface area is 57.0 Å². The third-order valence-electron chi connectivity index (χ3n) is 0.763. The third-order valence-corrected chi connectivity index (χ3v) is 1.75. The Kier molecular flexibility index (Phi) is 3.65. The zero-order valence-corrected chi connectivity index (χ0v) is 6.27. The van der Waals surface area contributed by atoms with Gasteiger partial charge in [-0.2, -0.15) is 0 Å². The van der Waals surface area contributed by atoms with Crippen molar-refractivity contribution < 1.29 is 15.0 Å². The van der Waals surface area contributed by atoms with Crippen molar-refractivity contribution in [2.24, 2.45) is 0 Å². The van der Waals surface area contributed by atoms with Gasteiger partial charge in [-0.15, -0.1) is 0 Å². The molecular weight excluding hydrogens is 140 g/mol. The van der Waals surface area contributed by atoms with Crippen LogP contribution >= 0.6 is 0 Å². The van der Waals surface area contributed by atoms with Gasteiger partial charge >= 0.3 is 0 Å². The Bertz CT molecular complexity index is 102. The van der Waals surface area contributed by atoms with E-state index in [-0.39, 0.29) is 10.9 Å². The zero-order valence-electron chi connectivity index (χ0n) is 5.46. The standard InChI is InChI=1S/C5H10O3S/c1-9(2)3-4(6)5(7)8/h4,6H,3H2,1-2H3. The van der Waals surface area contributed by atoms with Crippen LogP contribution in [0.1, 0.15) is 0 Å². The summed E-state index contributed by atoms with van der Waals surface area (Å²) in [6.07, 6.45) is 2.45. The molecule has 3 nitrogen and oxygen atoms in total. The van der Waals surface area contributed by atoms with E-state index < -0.39 is 12.1 Å². The van der Waals surface area contributed by atoms with Crippen LogP contribution in [0.3, 0.4) is 0 Å². The molecule has 0 radical (unpaired) electrons. The van der Waals surface area contributed by atoms with Gasteiger partial charge in [0, 0.05) is 0 Å². The predicted octanol–water partition coefficient (Wildman–Crippen LogP) is -2.02. The molecule has 0 heterocycles. The second kappa shape index (κ2) is 3.74. The largest absolute Gasteiger partial charge is 0.547 e. The van der Waals surface area contributed by atoms with Gasteiger partial charge in [-0.3, -0.25) is 0 Å². The van der Waals surface area contributed by atoms with E-state index in [2.05, 4.69) is 0 Å². The molecule has 1 unspecified atom stereocenters. The van der Waals surface area contributed by atoms with Crippen LogP contribution in [0.2, 0.25) is 0 Å². The highest BCUT2D eigenvalue weighted by Gasteiger charge is 2.12. The highest BCUT2D eigenvalue weighted by atomic mass is 32.2. The summed E-state index contributed by atoms with van der Waals surface area (Å²) in [5.41, 5.74) is 0. The molecule has 9 heavy (non-hydrogen) atoms. The van der Waals surface area contributed by atoms with E-state index in [0.29, 0.717) is 5.75 Å². The lowest BCUT2D eigenvalue weighted by atomic mass is 10.4. The van der Waals surface area contributed by atoms with E-state index in [4.69, 9.17) is 5.11 Å². The van der Waals surface area contributed by atoms with Crippen LogP contribution in [0.15, 0.2) is 0 Å². The molecule has 0 aliphatic rings. The van der Waals surface area contributed by atoms with E-state index in [1.54, 1.807) is 0 Å². The monoisotopic (exact) mass is 150 g/mol. The van der Waals surface area contributed by atoms with E-state index in [0.717, 1.165) is 0 Å². The lowest BCUT2D eigenvalue weighted by Gasteiger charge is -2.07. The first-order valence-corrected chi connectivity index (χ1v) is 4.68. The molecule has 0 saturated carbocycles. The number of carbonyl (C=O) groups is 1. The predicted molar refractivity (Wildman–Crippen MR) is 35.1 cm³/mol. The number of aliphatic hydroxyl groups is 1. The molecule has 0 amide bonds. The van der Waals surface area contributed by atoms with E-state index >= 15 is 0 Å². The molecule has 0 aromatic rings. The number of hydrogen-bond donors (Lipinski definition) is 1. The Morgan fingerprint density at radius 2 is 2.22 bits per heavy atom. The smallest absolute Gasteiger partial charge is 0.138 e. The molecular formula is C5H10O3S. The third kappa shape index (κ3) is 4.29. The maximum atomic E-state index is 9.88. The minimum absolute atomic E-state index is 0.0371. The van der Waals surface area contributed by atoms with Crippen LogP contribution in [0.5, 0.6) is 0 Å². The van der Waals surface area contributed by atoms with Crippen molar-refractivity contribution in [2.75, 3.05) is 18.3 Å². The average molecular weight is 150 g/mol. The van der Waals surface area contributed by atoms with Crippen LogP contribution in [0.25, 0.3) is 0 Å². The Balaban J connectivity index is 3.50. The first-order valence-electron chi connectivity index (χ1n) is 2.47. The van der Waals surface area contributed by atoms with E-state index in [9.17, 15) is 9.90 Å². The van der Waals surface area contributed by atoms with Crippen LogP contribution in [-0.2, 0) is 15.7 Å². The van der Waals surface area contributed by atoms with Crippen molar-refractivity contribution in [1.29, 1.82) is 0 Å². The molecule has 0 aromatic carbocycles. The van der Waals surface area contributed by atoms with Gasteiger partial charge in [0.1, 0.15) is 11.9 Å². The number of rotatable bonds is 3. The highest BCUT2D eigenvalue weighted by Crippen LogP contribution is 1.88. The van der Waals surface area contributed by atoms with Crippen LogP contribution in [0.4, 0.5) is 0 Å². The minimum atomic E-state index is -1.38. The summed E-state index contributed by atoms with van der Waals surface area (Å²) in [6, 6.07) is 0. The topological polar surface area (TPSA) is 60.4 Å². The summed E-state index contributed by atoms with van der Waals surface area (Å²) in [7, 11) is -0.0371. The van der Waals surface area contributed by atoms with Crippen molar-refractivity contribution in [1.82, 2.24) is 0 Å². The summed E-state index contributed by atoms with van der Waals surface area (Å²) in [6.45, 7) is 0. The quantitative estimate of drug-likeness (QED) is 0.472. The van der Waals surface area contributed by atoms with E-state index in [1.165, 1.54) is 0 Å². The second-order valence-corrected chi connectivity index (χ2v) is 4.29. The first-order chi connectivity index (χ1) is 4.04. The number of aliphatic carboxylic acids is 1. The molecule has 0 fully saturated rings. The van der Waals surface area contributed by atoms with Gasteiger partial charge in [0.2, 0.25) is 0 Å². The van der Waals surface area contributed by atoms with Gasteiger partial charge in [0.25, 0.3) is 0 Å². The molecule has 0 spiro atoms. The van der Waals surface area contributed by atoms with Gasteiger partial charge in [-0.05, 0) is 10.9 Å². The number of carboxylic acids is 1. The second-order valence-electron chi connectivity index (χ2n) is 1.99. The molecule has 0 bridgehead atoms. The maximum Gasteiger partial charge on any atom is 0.138 e. The molecule has 1 atom stereocenters. The molecule has 0 aliphatic heterocycles. The zero-order chi connectivity index (χ0) is 7.44. The van der Waals surface area contributed by atoms with Gasteiger partial charge < -0.3 is 15.0 Å². The van der Waals surface area contributed by atoms with E-state index in [1.807, 2.05) is 12.5 Å². The lowest BCUT2D eigenvalue weighted by Crippen LogP contribution is -2.39. The summed E-state index contributed by atoms with van der Waals surface area (Å²) < 4.78 is 0. The minimum Gasteiger partial charge on any atom is -0.547 e. The summed E-state index contributed by atoms with van der Waals surface area (Å²) in [4.78, 5) is 9.88. The van der Waals surface area contributed by atoms with Gasteiger partial charge in [0.05, 0.1) is 18.5 Å². The Hall–Kier alpha value is -0.220. The molecule has 0 aromatic heterocycles. The molecule has 0 rings (SSSR count). The summed E-state index contributed by atoms with van der Waals surface area (Å²) >= 11 is 0. The van der Waals surface area contributed by atoms with Crippen molar-refractivity contribution >= 4 is 16.9 Å². The lowest BCUT2D eigenvalue weighted by molar-refractivity contribution is -0.313. The molecule has 1 N–H and O–H groups in total. The average Bonchev–Trinajstić information content (AvgIpc) is 1.63. The van der Waals surface area contributed by atoms with Gasteiger partial charge in [-0.1, -0.05) is 0 Å². The molecule has 4 heteroatoms. The number of carbonyl (C=O) groups excluding carboxylic acids is 1. The molecule has 0 saturated heterocycles. The number of aliphatic hydroxyl groups excluding tert-OH is 1. The fourth-order valence-corrected chi connectivity index (χ4v) is 1.15. The molecule has 54 valence electrons. The van der Waals surface area contributed by atoms with Gasteiger partial charge in [-0.25, -0.2) is 0 Å². The Morgan fingerprint density at radius 3 is 2.33 bits per heavy atom. The fourth-order valence-electron chi connectivity index (χ4n) is 0.384. The SMILES string of the molecule is C[S+](C)CC(O)C(=O)[O-]. The van der Waals surface area contributed by atoms with Crippen LogP contribution in [0, 0.1) is 0 Å². The fraction of sp³-hybridized carbons (Fsp3) is 0.800. The van der Waals surface area contributed by atoms with Crippen molar-refractivity contribution in [3.8, 4) is 0 Å². The van der Waals surface area contributed by atoms with Crippen LogP contribution < -0.4 is 5.11 Å². The van der Waals surface area contributed by atoms with Crippen molar-refractivity contribution in [3.05, 3.63) is 0 Å². The summed E-state index contributed by atoms with van der Waals surface area (Å²) in [5.74, 6) is -1.08. The number of hydrogen-bond acceptors (Lipinski definition) is 3. The van der Waals surface area contributed by atoms with Crippen molar-refractivity contribution in [3.63, 3.8) is 0 Å². The maximum absolute atomic E-state index is 9.88. The highest BCUT2D eigenvalue weighted by molar-refractivity contribution is 7.95. The summed E-state index contributed by atoms with van der Waals surface area (Å²) in [5, 5.41) is 18.5. The normalized spacial score (nSPS) is 13.8. The van der Waals surface area contributed by atoms with Gasteiger partial charge in [0.15, 0.2) is 0 Å². The number of carboxylic acid groups (broad SMARTS) is 1. The van der Waals surface area contributed by atoms with Crippen LogP contribution in [-0.4, -0.2) is 35.4 Å².